The van der Waals surface area contributed by atoms with E-state index in [9.17, 15) is 9.59 Å². The van der Waals surface area contributed by atoms with Crippen LogP contribution in [0.3, 0.4) is 0 Å². The molecule has 1 heterocycles. The van der Waals surface area contributed by atoms with Crippen LogP contribution in [0.4, 0.5) is 4.79 Å². The lowest BCUT2D eigenvalue weighted by Crippen LogP contribution is -2.18. The number of methoxy groups -OCH3 is 1. The summed E-state index contributed by atoms with van der Waals surface area (Å²) in [4.78, 5) is 24.0. The average Bonchev–Trinajstić information content (AvgIpc) is 2.71. The summed E-state index contributed by atoms with van der Waals surface area (Å²) in [5, 5.41) is -0.507. The van der Waals surface area contributed by atoms with E-state index in [1.165, 1.54) is 12.0 Å². The van der Waals surface area contributed by atoms with E-state index >= 15 is 0 Å². The quantitative estimate of drug-likeness (QED) is 0.429. The third-order valence-corrected chi connectivity index (χ3v) is 2.88. The summed E-state index contributed by atoms with van der Waals surface area (Å²) in [6.45, 7) is 0.811. The molecule has 0 atom stereocenters. The van der Waals surface area contributed by atoms with Gasteiger partial charge in [-0.1, -0.05) is 12.1 Å². The second kappa shape index (κ2) is 4.14. The maximum atomic E-state index is 11.5. The molecule has 1 aliphatic rings. The largest absolute Gasteiger partial charge is 0.465 e. The van der Waals surface area contributed by atoms with Gasteiger partial charge in [-0.2, -0.15) is 0 Å². The molecular weight excluding hydrogens is 230 g/mol. The van der Waals surface area contributed by atoms with Crippen LogP contribution in [0, 0.1) is 0 Å². The molecule has 1 aromatic rings. The number of nitrogens with zero attached hydrogens (tertiary/aromatic N) is 1. The van der Waals surface area contributed by atoms with Gasteiger partial charge in [0.25, 0.3) is 0 Å². The summed E-state index contributed by atoms with van der Waals surface area (Å²) in [5.41, 5.74) is 2.26. The molecule has 0 aliphatic carbocycles. The van der Waals surface area contributed by atoms with Gasteiger partial charge in [-0.15, -0.1) is 0 Å². The summed E-state index contributed by atoms with van der Waals surface area (Å²) in [6.07, 6.45) is 0. The summed E-state index contributed by atoms with van der Waals surface area (Å²) in [7, 11) is 1.33. The van der Waals surface area contributed by atoms with Crippen LogP contribution in [0.5, 0.6) is 0 Å². The SMILES string of the molecule is COC(=O)c1cccc2c1CN(C(=O)Cl)C2. The third kappa shape index (κ3) is 1.76. The molecule has 0 aromatic heterocycles. The van der Waals surface area contributed by atoms with Crippen LogP contribution in [0.25, 0.3) is 0 Å². The first-order valence-corrected chi connectivity index (χ1v) is 5.14. The van der Waals surface area contributed by atoms with Crippen molar-refractivity contribution in [3.8, 4) is 0 Å². The molecule has 0 radical (unpaired) electrons. The van der Waals surface area contributed by atoms with Crippen LogP contribution in [0.1, 0.15) is 21.5 Å². The fraction of sp³-hybridized carbons (Fsp3) is 0.273. The van der Waals surface area contributed by atoms with Gasteiger partial charge in [0, 0.05) is 13.1 Å². The van der Waals surface area contributed by atoms with E-state index in [0.29, 0.717) is 18.7 Å². The number of carbonyl (C=O) groups is 2. The molecule has 0 unspecified atom stereocenters. The molecule has 1 aromatic carbocycles. The second-order valence-corrected chi connectivity index (χ2v) is 3.87. The summed E-state index contributed by atoms with van der Waals surface area (Å²) >= 11 is 5.41. The van der Waals surface area contributed by atoms with E-state index < -0.39 is 5.37 Å². The lowest BCUT2D eigenvalue weighted by atomic mass is 10.0. The summed E-state index contributed by atoms with van der Waals surface area (Å²) < 4.78 is 4.68. The Hall–Kier alpha value is -1.55. The van der Waals surface area contributed by atoms with Gasteiger partial charge in [0.05, 0.1) is 12.7 Å². The Bertz CT molecular complexity index is 459. The molecule has 0 spiro atoms. The van der Waals surface area contributed by atoms with Gasteiger partial charge < -0.3 is 9.64 Å². The lowest BCUT2D eigenvalue weighted by molar-refractivity contribution is 0.0599. The number of ether oxygens (including phenoxy) is 1. The first-order chi connectivity index (χ1) is 7.63. The zero-order chi connectivity index (χ0) is 11.7. The maximum absolute atomic E-state index is 11.5. The Morgan fingerprint density at radius 1 is 1.38 bits per heavy atom. The molecule has 0 saturated heterocycles. The molecule has 0 bridgehead atoms. The number of esters is 1. The van der Waals surface area contributed by atoms with Crippen molar-refractivity contribution in [3.63, 3.8) is 0 Å². The van der Waals surface area contributed by atoms with Crippen molar-refractivity contribution < 1.29 is 14.3 Å². The van der Waals surface area contributed by atoms with E-state index in [2.05, 4.69) is 4.74 Å². The van der Waals surface area contributed by atoms with Crippen LogP contribution in [0.15, 0.2) is 18.2 Å². The van der Waals surface area contributed by atoms with Gasteiger partial charge in [0.2, 0.25) is 0 Å². The minimum absolute atomic E-state index is 0.364. The topological polar surface area (TPSA) is 46.6 Å². The van der Waals surface area contributed by atoms with Crippen LogP contribution < -0.4 is 0 Å². The smallest absolute Gasteiger partial charge is 0.338 e. The zero-order valence-electron chi connectivity index (χ0n) is 8.70. The first kappa shape index (κ1) is 11.0. The standard InChI is InChI=1S/C11H10ClNO3/c1-16-10(14)8-4-2-3-7-5-13(11(12)15)6-9(7)8/h2-4H,5-6H2,1H3. The maximum Gasteiger partial charge on any atom is 0.338 e. The molecule has 1 amide bonds. The van der Waals surface area contributed by atoms with Crippen molar-refractivity contribution in [3.05, 3.63) is 34.9 Å². The number of rotatable bonds is 1. The Labute approximate surface area is 97.7 Å². The van der Waals surface area contributed by atoms with E-state index in [1.807, 2.05) is 6.07 Å². The van der Waals surface area contributed by atoms with Crippen LogP contribution in [-0.2, 0) is 17.8 Å². The van der Waals surface area contributed by atoms with Crippen molar-refractivity contribution in [1.82, 2.24) is 4.90 Å². The Morgan fingerprint density at radius 3 is 2.75 bits per heavy atom. The van der Waals surface area contributed by atoms with E-state index in [1.54, 1.807) is 12.1 Å². The Balaban J connectivity index is 2.38. The molecule has 0 N–H and O–H groups in total. The Morgan fingerprint density at radius 2 is 2.12 bits per heavy atom. The predicted octanol–water partition coefficient (Wildman–Crippen LogP) is 2.15. The zero-order valence-corrected chi connectivity index (χ0v) is 9.45. The molecule has 0 saturated carbocycles. The molecule has 2 rings (SSSR count). The number of hydrogen-bond acceptors (Lipinski definition) is 3. The highest BCUT2D eigenvalue weighted by atomic mass is 35.5. The summed E-state index contributed by atoms with van der Waals surface area (Å²) in [5.74, 6) is -0.388. The molecule has 84 valence electrons. The van der Waals surface area contributed by atoms with Crippen LogP contribution in [-0.4, -0.2) is 23.3 Å². The van der Waals surface area contributed by atoms with Gasteiger partial charge in [-0.25, -0.2) is 4.79 Å². The second-order valence-electron chi connectivity index (χ2n) is 3.54. The number of halogens is 1. The van der Waals surface area contributed by atoms with Gasteiger partial charge in [0.1, 0.15) is 0 Å². The fourth-order valence-electron chi connectivity index (χ4n) is 1.85. The molecule has 5 heteroatoms. The monoisotopic (exact) mass is 239 g/mol. The van der Waals surface area contributed by atoms with Gasteiger partial charge >= 0.3 is 11.3 Å². The molecule has 1 aliphatic heterocycles. The number of benzene rings is 1. The Kier molecular flexibility index (Phi) is 2.83. The molecule has 4 nitrogen and oxygen atoms in total. The van der Waals surface area contributed by atoms with Gasteiger partial charge in [0.15, 0.2) is 0 Å². The molecule has 0 fully saturated rings. The highest BCUT2D eigenvalue weighted by Gasteiger charge is 2.26. The van der Waals surface area contributed by atoms with Crippen LogP contribution in [0.2, 0.25) is 0 Å². The summed E-state index contributed by atoms with van der Waals surface area (Å²) in [6, 6.07) is 5.34. The van der Waals surface area contributed by atoms with E-state index in [4.69, 9.17) is 11.6 Å². The lowest BCUT2D eigenvalue weighted by Gasteiger charge is -2.09. The van der Waals surface area contributed by atoms with Crippen molar-refractivity contribution in [1.29, 1.82) is 0 Å². The van der Waals surface area contributed by atoms with E-state index in [-0.39, 0.29) is 5.97 Å². The highest BCUT2D eigenvalue weighted by molar-refractivity contribution is 6.62. The van der Waals surface area contributed by atoms with Gasteiger partial charge in [-0.3, -0.25) is 4.79 Å². The first-order valence-electron chi connectivity index (χ1n) is 4.77. The van der Waals surface area contributed by atoms with Crippen molar-refractivity contribution in [2.24, 2.45) is 0 Å². The number of carbonyl (C=O) groups excluding carboxylic acids is 2. The van der Waals surface area contributed by atoms with E-state index in [0.717, 1.165) is 11.1 Å². The molecule has 16 heavy (non-hydrogen) atoms. The van der Waals surface area contributed by atoms with Crippen molar-refractivity contribution in [2.75, 3.05) is 7.11 Å². The van der Waals surface area contributed by atoms with Gasteiger partial charge in [-0.05, 0) is 28.8 Å². The van der Waals surface area contributed by atoms with Crippen LogP contribution >= 0.6 is 11.6 Å². The molecular formula is C11H10ClNO3. The number of hydrogen-bond donors (Lipinski definition) is 0. The van der Waals surface area contributed by atoms with Crippen molar-refractivity contribution >= 4 is 22.9 Å². The minimum atomic E-state index is -0.507. The number of amides is 1. The van der Waals surface area contributed by atoms with Crippen molar-refractivity contribution in [2.45, 2.75) is 13.1 Å². The minimum Gasteiger partial charge on any atom is -0.465 e. The third-order valence-electron chi connectivity index (χ3n) is 2.64. The number of fused-ring (bicyclic) bond motifs is 1. The predicted molar refractivity (Wildman–Crippen MR) is 58.3 cm³/mol. The normalized spacial score (nSPS) is 13.5. The highest BCUT2D eigenvalue weighted by Crippen LogP contribution is 2.27. The fourth-order valence-corrected chi connectivity index (χ4v) is 1.97. The average molecular weight is 240 g/mol.